The molecule has 0 unspecified atom stereocenters. The van der Waals surface area contributed by atoms with Crippen molar-refractivity contribution in [2.24, 2.45) is 4.99 Å². The number of guanidine groups is 1. The van der Waals surface area contributed by atoms with Crippen LogP contribution < -0.4 is 15.4 Å². The van der Waals surface area contributed by atoms with Crippen molar-refractivity contribution in [3.05, 3.63) is 65.5 Å². The quantitative estimate of drug-likeness (QED) is 0.317. The number of nitrogens with one attached hydrogen (secondary N) is 2. The van der Waals surface area contributed by atoms with E-state index in [1.165, 1.54) is 0 Å². The van der Waals surface area contributed by atoms with E-state index in [0.29, 0.717) is 36.3 Å². The summed E-state index contributed by atoms with van der Waals surface area (Å²) in [6.45, 7) is 2.02. The summed E-state index contributed by atoms with van der Waals surface area (Å²) in [5, 5.41) is 11.1. The Morgan fingerprint density at radius 3 is 2.72 bits per heavy atom. The summed E-state index contributed by atoms with van der Waals surface area (Å²) < 4.78 is 11.0. The highest BCUT2D eigenvalue weighted by atomic mass is 35.5. The lowest BCUT2D eigenvalue weighted by Crippen LogP contribution is -2.39. The zero-order chi connectivity index (χ0) is 20.3. The van der Waals surface area contributed by atoms with Crippen LogP contribution in [0.1, 0.15) is 12.3 Å². The van der Waals surface area contributed by atoms with E-state index in [-0.39, 0.29) is 0 Å². The maximum Gasteiger partial charge on any atom is 0.228 e. The number of halogens is 1. The summed E-state index contributed by atoms with van der Waals surface area (Å²) in [6.07, 6.45) is 1.45. The highest BCUT2D eigenvalue weighted by molar-refractivity contribution is 6.30. The smallest absolute Gasteiger partial charge is 0.228 e. The fourth-order valence-electron chi connectivity index (χ4n) is 2.60. The van der Waals surface area contributed by atoms with Crippen molar-refractivity contribution in [2.75, 3.05) is 26.7 Å². The van der Waals surface area contributed by atoms with Gasteiger partial charge in [0.15, 0.2) is 5.96 Å². The van der Waals surface area contributed by atoms with Gasteiger partial charge >= 0.3 is 0 Å². The van der Waals surface area contributed by atoms with Crippen LogP contribution in [0.5, 0.6) is 5.75 Å². The van der Waals surface area contributed by atoms with Gasteiger partial charge in [-0.05, 0) is 30.7 Å². The second-order valence-corrected chi connectivity index (χ2v) is 6.65. The molecule has 0 amide bonds. The molecule has 8 heteroatoms. The molecular weight excluding hydrogens is 390 g/mol. The molecule has 2 N–H and O–H groups in total. The van der Waals surface area contributed by atoms with E-state index in [9.17, 15) is 0 Å². The first-order chi connectivity index (χ1) is 14.2. The molecule has 1 aromatic heterocycles. The molecular formula is C21H24ClN5O2. The Hall–Kier alpha value is -3.06. The van der Waals surface area contributed by atoms with Crippen LogP contribution in [0.25, 0.3) is 11.4 Å². The van der Waals surface area contributed by atoms with Gasteiger partial charge in [0.2, 0.25) is 11.7 Å². The van der Waals surface area contributed by atoms with Crippen molar-refractivity contribution in [1.29, 1.82) is 0 Å². The minimum Gasteiger partial charge on any atom is -0.494 e. The molecule has 0 saturated heterocycles. The number of hydrogen-bond donors (Lipinski definition) is 2. The molecule has 0 aliphatic rings. The van der Waals surface area contributed by atoms with E-state index >= 15 is 0 Å². The second-order valence-electron chi connectivity index (χ2n) is 6.21. The van der Waals surface area contributed by atoms with E-state index in [1.807, 2.05) is 54.6 Å². The average Bonchev–Trinajstić information content (AvgIpc) is 3.22. The van der Waals surface area contributed by atoms with E-state index in [0.717, 1.165) is 30.2 Å². The summed E-state index contributed by atoms with van der Waals surface area (Å²) in [5.41, 5.74) is 0.829. The molecule has 1 heterocycles. The molecule has 0 aliphatic heterocycles. The standard InChI is InChI=1S/C21H24ClN5O2/c1-23-21(24-12-6-14-28-18-9-3-2-4-10-18)25-13-11-19-26-20(27-29-19)16-7-5-8-17(22)15-16/h2-5,7-10,15H,6,11-14H2,1H3,(H2,23,24,25). The van der Waals surface area contributed by atoms with Crippen molar-refractivity contribution in [3.8, 4) is 17.1 Å². The molecule has 3 rings (SSSR count). The molecule has 2 aromatic carbocycles. The van der Waals surface area contributed by atoms with E-state index in [1.54, 1.807) is 7.05 Å². The number of nitrogens with zero attached hydrogens (tertiary/aromatic N) is 3. The van der Waals surface area contributed by atoms with Gasteiger partial charge < -0.3 is 19.9 Å². The molecule has 3 aromatic rings. The molecule has 0 fully saturated rings. The Morgan fingerprint density at radius 1 is 1.10 bits per heavy atom. The molecule has 0 radical (unpaired) electrons. The second kappa shape index (κ2) is 11.1. The molecule has 0 atom stereocenters. The van der Waals surface area contributed by atoms with Crippen LogP contribution in [-0.2, 0) is 6.42 Å². The van der Waals surface area contributed by atoms with Gasteiger partial charge in [0.05, 0.1) is 6.61 Å². The minimum absolute atomic E-state index is 0.531. The number of ether oxygens (including phenoxy) is 1. The highest BCUT2D eigenvalue weighted by Gasteiger charge is 2.09. The maximum atomic E-state index is 6.00. The van der Waals surface area contributed by atoms with Crippen LogP contribution in [0, 0.1) is 0 Å². The van der Waals surface area contributed by atoms with Crippen molar-refractivity contribution >= 4 is 17.6 Å². The van der Waals surface area contributed by atoms with Gasteiger partial charge in [-0.3, -0.25) is 4.99 Å². The molecule has 29 heavy (non-hydrogen) atoms. The summed E-state index contributed by atoms with van der Waals surface area (Å²) in [7, 11) is 1.74. The normalized spacial score (nSPS) is 11.3. The fourth-order valence-corrected chi connectivity index (χ4v) is 2.79. The molecule has 0 aliphatic carbocycles. The highest BCUT2D eigenvalue weighted by Crippen LogP contribution is 2.19. The molecule has 152 valence electrons. The van der Waals surface area contributed by atoms with E-state index < -0.39 is 0 Å². The third kappa shape index (κ3) is 6.80. The molecule has 7 nitrogen and oxygen atoms in total. The van der Waals surface area contributed by atoms with Gasteiger partial charge in [-0.25, -0.2) is 0 Å². The Balaban J connectivity index is 1.35. The van der Waals surface area contributed by atoms with Gasteiger partial charge in [0, 0.05) is 37.1 Å². The van der Waals surface area contributed by atoms with Crippen LogP contribution >= 0.6 is 11.6 Å². The van der Waals surface area contributed by atoms with Crippen LogP contribution in [0.4, 0.5) is 0 Å². The molecule has 0 spiro atoms. The summed E-state index contributed by atoms with van der Waals surface area (Å²) in [4.78, 5) is 8.62. The predicted molar refractivity (Wildman–Crippen MR) is 114 cm³/mol. The third-order valence-electron chi connectivity index (χ3n) is 4.03. The van der Waals surface area contributed by atoms with Crippen molar-refractivity contribution < 1.29 is 9.26 Å². The van der Waals surface area contributed by atoms with Crippen molar-refractivity contribution in [2.45, 2.75) is 12.8 Å². The first kappa shape index (κ1) is 20.7. The Labute approximate surface area is 175 Å². The lowest BCUT2D eigenvalue weighted by Gasteiger charge is -2.11. The first-order valence-electron chi connectivity index (χ1n) is 9.45. The number of aromatic nitrogens is 2. The van der Waals surface area contributed by atoms with Gasteiger partial charge in [-0.15, -0.1) is 0 Å². The van der Waals surface area contributed by atoms with E-state index in [2.05, 4.69) is 25.8 Å². The topological polar surface area (TPSA) is 84.6 Å². The molecule has 0 saturated carbocycles. The number of para-hydroxylation sites is 1. The SMILES string of the molecule is CN=C(NCCCOc1ccccc1)NCCc1nc(-c2cccc(Cl)c2)no1. The number of benzene rings is 2. The minimum atomic E-state index is 0.531. The van der Waals surface area contributed by atoms with Crippen LogP contribution in [0.2, 0.25) is 5.02 Å². The van der Waals surface area contributed by atoms with Gasteiger partial charge in [0.25, 0.3) is 0 Å². The lowest BCUT2D eigenvalue weighted by atomic mass is 10.2. The number of aliphatic imine (C=N–C) groups is 1. The summed E-state index contributed by atoms with van der Waals surface area (Å²) in [6, 6.07) is 17.1. The number of rotatable bonds is 9. The Kier molecular flexibility index (Phi) is 7.89. The maximum absolute atomic E-state index is 6.00. The van der Waals surface area contributed by atoms with E-state index in [4.69, 9.17) is 20.9 Å². The number of hydrogen-bond acceptors (Lipinski definition) is 5. The Bertz CT molecular complexity index is 914. The zero-order valence-corrected chi connectivity index (χ0v) is 17.0. The van der Waals surface area contributed by atoms with Crippen molar-refractivity contribution in [1.82, 2.24) is 20.8 Å². The van der Waals surface area contributed by atoms with Crippen molar-refractivity contribution in [3.63, 3.8) is 0 Å². The first-order valence-corrected chi connectivity index (χ1v) is 9.83. The monoisotopic (exact) mass is 413 g/mol. The van der Waals surface area contributed by atoms with Crippen LogP contribution in [-0.4, -0.2) is 42.8 Å². The average molecular weight is 414 g/mol. The lowest BCUT2D eigenvalue weighted by molar-refractivity contribution is 0.311. The molecule has 0 bridgehead atoms. The van der Waals surface area contributed by atoms with Crippen LogP contribution in [0.15, 0.2) is 64.1 Å². The largest absolute Gasteiger partial charge is 0.494 e. The van der Waals surface area contributed by atoms with Gasteiger partial charge in [-0.2, -0.15) is 4.98 Å². The van der Waals surface area contributed by atoms with Gasteiger partial charge in [0.1, 0.15) is 5.75 Å². The third-order valence-corrected chi connectivity index (χ3v) is 4.27. The Morgan fingerprint density at radius 2 is 1.93 bits per heavy atom. The predicted octanol–water partition coefficient (Wildman–Crippen LogP) is 3.57. The van der Waals surface area contributed by atoms with Crippen LogP contribution in [0.3, 0.4) is 0 Å². The van der Waals surface area contributed by atoms with Gasteiger partial charge in [-0.1, -0.05) is 47.1 Å². The summed E-state index contributed by atoms with van der Waals surface area (Å²) in [5.74, 6) is 2.69. The fraction of sp³-hybridized carbons (Fsp3) is 0.286. The summed E-state index contributed by atoms with van der Waals surface area (Å²) >= 11 is 6.00. The zero-order valence-electron chi connectivity index (χ0n) is 16.3.